The second-order valence-corrected chi connectivity index (χ2v) is 7.71. The Morgan fingerprint density at radius 1 is 1.14 bits per heavy atom. The van der Waals surface area contributed by atoms with E-state index in [1.165, 1.54) is 25.7 Å². The van der Waals surface area contributed by atoms with Crippen LogP contribution in [0, 0.1) is 17.8 Å². The molecule has 3 heteroatoms. The fraction of sp³-hybridized carbons (Fsp3) is 0.944. The smallest absolute Gasteiger partial charge is 0.226 e. The first-order chi connectivity index (χ1) is 10.0. The number of rotatable bonds is 5. The van der Waals surface area contributed by atoms with Crippen molar-refractivity contribution in [1.29, 1.82) is 0 Å². The van der Waals surface area contributed by atoms with Gasteiger partial charge in [-0.2, -0.15) is 0 Å². The van der Waals surface area contributed by atoms with Crippen molar-refractivity contribution in [3.05, 3.63) is 0 Å². The normalized spacial score (nSPS) is 30.8. The van der Waals surface area contributed by atoms with Gasteiger partial charge in [0.1, 0.15) is 0 Å². The third-order valence-corrected chi connectivity index (χ3v) is 5.68. The first kappa shape index (κ1) is 16.8. The highest BCUT2D eigenvalue weighted by atomic mass is 16.2. The molecule has 122 valence electrons. The molecule has 3 unspecified atom stereocenters. The van der Waals surface area contributed by atoms with E-state index in [-0.39, 0.29) is 12.0 Å². The van der Waals surface area contributed by atoms with E-state index in [0.29, 0.717) is 23.8 Å². The molecule has 0 radical (unpaired) electrons. The average Bonchev–Trinajstić information content (AvgIpc) is 2.95. The number of hydrogen-bond donors (Lipinski definition) is 1. The summed E-state index contributed by atoms with van der Waals surface area (Å²) in [5, 5.41) is 0. The summed E-state index contributed by atoms with van der Waals surface area (Å²) in [4.78, 5) is 15.4. The molecule has 2 saturated carbocycles. The van der Waals surface area contributed by atoms with Crippen LogP contribution in [0.15, 0.2) is 0 Å². The molecule has 1 amide bonds. The van der Waals surface area contributed by atoms with Gasteiger partial charge in [0.05, 0.1) is 0 Å². The van der Waals surface area contributed by atoms with Gasteiger partial charge in [-0.15, -0.1) is 0 Å². The van der Waals surface area contributed by atoms with E-state index < -0.39 is 0 Å². The highest BCUT2D eigenvalue weighted by Gasteiger charge is 2.37. The molecular formula is C18H34N2O. The molecule has 0 aromatic heterocycles. The molecule has 0 aromatic carbocycles. The molecule has 0 saturated heterocycles. The number of carbonyl (C=O) groups excluding carboxylic acids is 1. The molecule has 2 aliphatic carbocycles. The lowest BCUT2D eigenvalue weighted by atomic mass is 9.76. The summed E-state index contributed by atoms with van der Waals surface area (Å²) in [7, 11) is 0. The van der Waals surface area contributed by atoms with Crippen molar-refractivity contribution >= 4 is 5.91 Å². The van der Waals surface area contributed by atoms with E-state index in [1.54, 1.807) is 0 Å². The van der Waals surface area contributed by atoms with Crippen molar-refractivity contribution in [2.45, 2.75) is 84.2 Å². The fourth-order valence-corrected chi connectivity index (χ4v) is 4.04. The summed E-state index contributed by atoms with van der Waals surface area (Å²) in [6.45, 7) is 7.62. The van der Waals surface area contributed by atoms with Crippen LogP contribution in [0.3, 0.4) is 0 Å². The fourth-order valence-electron chi connectivity index (χ4n) is 4.04. The summed E-state index contributed by atoms with van der Waals surface area (Å²) in [6, 6.07) is 0.713. The van der Waals surface area contributed by atoms with Gasteiger partial charge in [0.15, 0.2) is 0 Å². The zero-order valence-electron chi connectivity index (χ0n) is 14.2. The predicted octanol–water partition coefficient (Wildman–Crippen LogP) is 3.57. The molecule has 0 aliphatic heterocycles. The Kier molecular flexibility index (Phi) is 6.09. The zero-order valence-corrected chi connectivity index (χ0v) is 14.2. The van der Waals surface area contributed by atoms with Crippen molar-refractivity contribution in [2.75, 3.05) is 6.54 Å². The van der Waals surface area contributed by atoms with Gasteiger partial charge >= 0.3 is 0 Å². The minimum atomic E-state index is 0.168. The SMILES string of the molecule is CC(C)CCN(C(=O)C1CCCC(N)C1C)C1CCCC1. The second-order valence-electron chi connectivity index (χ2n) is 7.71. The lowest BCUT2D eigenvalue weighted by Gasteiger charge is -2.39. The molecule has 0 spiro atoms. The Morgan fingerprint density at radius 2 is 1.81 bits per heavy atom. The van der Waals surface area contributed by atoms with Crippen LogP contribution in [0.5, 0.6) is 0 Å². The molecule has 0 heterocycles. The van der Waals surface area contributed by atoms with Crippen LogP contribution in [0.4, 0.5) is 0 Å². The van der Waals surface area contributed by atoms with Gasteiger partial charge < -0.3 is 10.6 Å². The summed E-state index contributed by atoms with van der Waals surface area (Å²) >= 11 is 0. The van der Waals surface area contributed by atoms with Gasteiger partial charge in [-0.05, 0) is 43.9 Å². The first-order valence-electron chi connectivity index (χ1n) is 9.06. The molecule has 0 bridgehead atoms. The number of amides is 1. The number of nitrogens with two attached hydrogens (primary N) is 1. The topological polar surface area (TPSA) is 46.3 Å². The molecule has 21 heavy (non-hydrogen) atoms. The predicted molar refractivity (Wildman–Crippen MR) is 87.9 cm³/mol. The van der Waals surface area contributed by atoms with Gasteiger partial charge in [0, 0.05) is 24.5 Å². The van der Waals surface area contributed by atoms with E-state index in [0.717, 1.165) is 32.2 Å². The van der Waals surface area contributed by atoms with E-state index in [2.05, 4.69) is 25.7 Å². The summed E-state index contributed by atoms with van der Waals surface area (Å²) < 4.78 is 0. The molecule has 2 N–H and O–H groups in total. The minimum Gasteiger partial charge on any atom is -0.339 e. The number of nitrogens with zero attached hydrogens (tertiary/aromatic N) is 1. The van der Waals surface area contributed by atoms with Gasteiger partial charge in [-0.1, -0.05) is 40.0 Å². The lowest BCUT2D eigenvalue weighted by Crippen LogP contribution is -2.49. The van der Waals surface area contributed by atoms with Gasteiger partial charge in [-0.3, -0.25) is 4.79 Å². The second kappa shape index (κ2) is 7.62. The number of carbonyl (C=O) groups is 1. The van der Waals surface area contributed by atoms with Crippen LogP contribution in [0.2, 0.25) is 0 Å². The molecule has 2 aliphatic rings. The van der Waals surface area contributed by atoms with Crippen molar-refractivity contribution in [2.24, 2.45) is 23.5 Å². The maximum absolute atomic E-state index is 13.1. The molecule has 2 rings (SSSR count). The van der Waals surface area contributed by atoms with E-state index in [1.807, 2.05) is 0 Å². The number of hydrogen-bond acceptors (Lipinski definition) is 2. The molecule has 3 atom stereocenters. The van der Waals surface area contributed by atoms with Crippen LogP contribution in [0.1, 0.15) is 72.1 Å². The third kappa shape index (κ3) is 4.21. The Labute approximate surface area is 130 Å². The highest BCUT2D eigenvalue weighted by molar-refractivity contribution is 5.79. The quantitative estimate of drug-likeness (QED) is 0.842. The third-order valence-electron chi connectivity index (χ3n) is 5.68. The Bertz CT molecular complexity index is 336. The zero-order chi connectivity index (χ0) is 15.4. The Morgan fingerprint density at radius 3 is 2.43 bits per heavy atom. The summed E-state index contributed by atoms with van der Waals surface area (Å²) in [5.41, 5.74) is 6.21. The summed E-state index contributed by atoms with van der Waals surface area (Å²) in [6.07, 6.45) is 9.35. The van der Waals surface area contributed by atoms with Crippen LogP contribution in [0.25, 0.3) is 0 Å². The molecule has 3 nitrogen and oxygen atoms in total. The Hall–Kier alpha value is -0.570. The van der Waals surface area contributed by atoms with Crippen molar-refractivity contribution < 1.29 is 4.79 Å². The maximum atomic E-state index is 13.1. The van der Waals surface area contributed by atoms with Crippen LogP contribution in [-0.2, 0) is 4.79 Å². The Balaban J connectivity index is 2.05. The van der Waals surface area contributed by atoms with Gasteiger partial charge in [0.2, 0.25) is 5.91 Å². The maximum Gasteiger partial charge on any atom is 0.226 e. The van der Waals surface area contributed by atoms with Crippen molar-refractivity contribution in [3.8, 4) is 0 Å². The highest BCUT2D eigenvalue weighted by Crippen LogP contribution is 2.33. The average molecular weight is 294 g/mol. The summed E-state index contributed by atoms with van der Waals surface area (Å²) in [5.74, 6) is 1.58. The minimum absolute atomic E-state index is 0.168. The van der Waals surface area contributed by atoms with Crippen molar-refractivity contribution in [1.82, 2.24) is 4.90 Å². The van der Waals surface area contributed by atoms with Crippen LogP contribution >= 0.6 is 0 Å². The largest absolute Gasteiger partial charge is 0.339 e. The van der Waals surface area contributed by atoms with Crippen LogP contribution < -0.4 is 5.73 Å². The molecule has 0 aromatic rings. The van der Waals surface area contributed by atoms with E-state index in [4.69, 9.17) is 5.73 Å². The van der Waals surface area contributed by atoms with E-state index >= 15 is 0 Å². The molecule has 2 fully saturated rings. The monoisotopic (exact) mass is 294 g/mol. The molecular weight excluding hydrogens is 260 g/mol. The van der Waals surface area contributed by atoms with Crippen molar-refractivity contribution in [3.63, 3.8) is 0 Å². The van der Waals surface area contributed by atoms with Gasteiger partial charge in [0.25, 0.3) is 0 Å². The lowest BCUT2D eigenvalue weighted by molar-refractivity contribution is -0.141. The van der Waals surface area contributed by atoms with E-state index in [9.17, 15) is 4.79 Å². The van der Waals surface area contributed by atoms with Gasteiger partial charge in [-0.25, -0.2) is 0 Å². The van der Waals surface area contributed by atoms with Crippen LogP contribution in [-0.4, -0.2) is 29.4 Å². The standard InChI is InChI=1S/C18H34N2O/c1-13(2)11-12-20(15-7-4-5-8-15)18(21)16-9-6-10-17(19)14(16)3/h13-17H,4-12,19H2,1-3H3. The first-order valence-corrected chi connectivity index (χ1v) is 9.06.